The predicted octanol–water partition coefficient (Wildman–Crippen LogP) is 19.5. The van der Waals surface area contributed by atoms with E-state index < -0.39 is 0 Å². The van der Waals surface area contributed by atoms with Crippen molar-refractivity contribution >= 4 is 75.9 Å². The largest absolute Gasteiger partial charge is 0.309 e. The number of rotatable bonds is 8. The molecule has 0 bridgehead atoms. The Balaban J connectivity index is 0.955. The second-order valence-corrected chi connectivity index (χ2v) is 20.6. The van der Waals surface area contributed by atoms with Gasteiger partial charge in [0.25, 0.3) is 0 Å². The third kappa shape index (κ3) is 7.29. The summed E-state index contributed by atoms with van der Waals surface area (Å²) in [5.74, 6) is 1.77. The molecule has 13 aromatic carbocycles. The zero-order valence-electron chi connectivity index (χ0n) is 43.4. The summed E-state index contributed by atoms with van der Waals surface area (Å²) in [5.41, 5.74) is 16.1. The SMILES string of the molecule is c1ccc(-c2ccc(-c3nc(-c4ccc5c6ccccc6c6ccccc6c5c4)nc(-c4ccc(-c5ccccc5)cc4-n4c5ccccc5c5c(-c6cccc7c6c6ccccc6n7-c6ccccc6)cccc54)n3)cc2)cc1. The summed E-state index contributed by atoms with van der Waals surface area (Å²) >= 11 is 0. The lowest BCUT2D eigenvalue weighted by atomic mass is 9.93. The van der Waals surface area contributed by atoms with Gasteiger partial charge in [0.1, 0.15) is 0 Å². The van der Waals surface area contributed by atoms with E-state index in [4.69, 9.17) is 15.0 Å². The lowest BCUT2D eigenvalue weighted by Crippen LogP contribution is -2.04. The van der Waals surface area contributed by atoms with E-state index in [9.17, 15) is 0 Å². The molecule has 16 rings (SSSR count). The van der Waals surface area contributed by atoms with Crippen LogP contribution in [0, 0.1) is 0 Å². The standard InChI is InChI=1S/C75H47N5/c1-4-20-48(21-5-1)50-38-40-51(41-39-50)73-76-74(53-43-44-59-57-28-11-10-26-55(57)56-27-12-13-29-58(56)65(59)46-53)78-75(77-73)64-45-42-52(49-22-6-2-7-23-49)47-70(64)80-67-35-17-15-31-63(67)72-61(33-19-37-69(72)80)60-32-18-36-68-71(60)62-30-14-16-34-66(62)79(68)54-24-8-3-9-25-54/h1-47H. The molecule has 0 fully saturated rings. The number of benzene rings is 13. The van der Waals surface area contributed by atoms with Crippen LogP contribution in [0.5, 0.6) is 0 Å². The van der Waals surface area contributed by atoms with E-state index in [1.54, 1.807) is 0 Å². The van der Waals surface area contributed by atoms with Gasteiger partial charge in [-0.1, -0.05) is 231 Å². The first-order chi connectivity index (χ1) is 39.7. The third-order valence-electron chi connectivity index (χ3n) is 16.2. The quantitative estimate of drug-likeness (QED) is 0.143. The summed E-state index contributed by atoms with van der Waals surface area (Å²) in [6.45, 7) is 0. The zero-order valence-corrected chi connectivity index (χ0v) is 43.4. The van der Waals surface area contributed by atoms with Crippen molar-refractivity contribution in [2.75, 3.05) is 0 Å². The smallest absolute Gasteiger partial charge is 0.166 e. The molecule has 5 heteroatoms. The molecule has 0 aliphatic carbocycles. The first-order valence-electron chi connectivity index (χ1n) is 27.3. The van der Waals surface area contributed by atoms with Crippen molar-refractivity contribution in [2.45, 2.75) is 0 Å². The van der Waals surface area contributed by atoms with Gasteiger partial charge in [-0.15, -0.1) is 0 Å². The molecule has 0 N–H and O–H groups in total. The molecule has 0 aliphatic heterocycles. The Bertz CT molecular complexity index is 5060. The summed E-state index contributed by atoms with van der Waals surface area (Å²) < 4.78 is 4.84. The van der Waals surface area contributed by atoms with Crippen molar-refractivity contribution in [2.24, 2.45) is 0 Å². The highest BCUT2D eigenvalue weighted by Gasteiger charge is 2.24. The molecule has 0 saturated heterocycles. The van der Waals surface area contributed by atoms with Crippen molar-refractivity contribution in [3.8, 4) is 78.9 Å². The maximum atomic E-state index is 5.56. The van der Waals surface area contributed by atoms with Crippen LogP contribution in [0.3, 0.4) is 0 Å². The molecule has 80 heavy (non-hydrogen) atoms. The molecule has 0 spiro atoms. The minimum atomic E-state index is 0.579. The molecule has 0 saturated carbocycles. The van der Waals surface area contributed by atoms with E-state index >= 15 is 0 Å². The Hall–Kier alpha value is -10.8. The van der Waals surface area contributed by atoms with Crippen LogP contribution in [0.15, 0.2) is 285 Å². The maximum Gasteiger partial charge on any atom is 0.166 e. The molecule has 3 aromatic heterocycles. The first-order valence-corrected chi connectivity index (χ1v) is 27.3. The van der Waals surface area contributed by atoms with Crippen molar-refractivity contribution in [3.63, 3.8) is 0 Å². The van der Waals surface area contributed by atoms with E-state index in [0.717, 1.165) is 77.6 Å². The van der Waals surface area contributed by atoms with E-state index in [1.165, 1.54) is 59.7 Å². The van der Waals surface area contributed by atoms with E-state index in [2.05, 4.69) is 294 Å². The normalized spacial score (nSPS) is 11.8. The van der Waals surface area contributed by atoms with Crippen molar-refractivity contribution in [3.05, 3.63) is 285 Å². The minimum absolute atomic E-state index is 0.579. The average Bonchev–Trinajstić information content (AvgIpc) is 4.20. The Morgan fingerprint density at radius 3 is 1.21 bits per heavy atom. The molecule has 0 radical (unpaired) electrons. The molecule has 16 aromatic rings. The van der Waals surface area contributed by atoms with E-state index in [1.807, 2.05) is 0 Å². The Labute approximate surface area is 461 Å². The number of aromatic nitrogens is 5. The van der Waals surface area contributed by atoms with Crippen LogP contribution in [-0.4, -0.2) is 24.1 Å². The van der Waals surface area contributed by atoms with Gasteiger partial charge >= 0.3 is 0 Å². The Morgan fingerprint density at radius 1 is 0.212 bits per heavy atom. The summed E-state index contributed by atoms with van der Waals surface area (Å²) in [6.07, 6.45) is 0. The molecule has 0 amide bonds. The van der Waals surface area contributed by atoms with Gasteiger partial charge in [0.05, 0.1) is 27.8 Å². The molecular formula is C75H47N5. The van der Waals surface area contributed by atoms with Gasteiger partial charge < -0.3 is 9.13 Å². The lowest BCUT2D eigenvalue weighted by Gasteiger charge is -2.17. The lowest BCUT2D eigenvalue weighted by molar-refractivity contribution is 1.07. The van der Waals surface area contributed by atoms with Gasteiger partial charge in [-0.25, -0.2) is 15.0 Å². The van der Waals surface area contributed by atoms with Gasteiger partial charge in [0.15, 0.2) is 17.5 Å². The number of para-hydroxylation sites is 3. The monoisotopic (exact) mass is 1020 g/mol. The van der Waals surface area contributed by atoms with Crippen LogP contribution in [0.25, 0.3) is 155 Å². The van der Waals surface area contributed by atoms with Gasteiger partial charge in [0, 0.05) is 43.9 Å². The van der Waals surface area contributed by atoms with Gasteiger partial charge in [0.2, 0.25) is 0 Å². The van der Waals surface area contributed by atoms with Crippen molar-refractivity contribution < 1.29 is 0 Å². The van der Waals surface area contributed by atoms with Crippen LogP contribution < -0.4 is 0 Å². The Kier molecular flexibility index (Phi) is 10.5. The topological polar surface area (TPSA) is 48.5 Å². The van der Waals surface area contributed by atoms with Crippen LogP contribution >= 0.6 is 0 Å². The molecule has 5 nitrogen and oxygen atoms in total. The van der Waals surface area contributed by atoms with Gasteiger partial charge in [-0.3, -0.25) is 0 Å². The van der Waals surface area contributed by atoms with Crippen LogP contribution in [0.4, 0.5) is 0 Å². The van der Waals surface area contributed by atoms with Crippen molar-refractivity contribution in [1.29, 1.82) is 0 Å². The first kappa shape index (κ1) is 45.4. The number of hydrogen-bond donors (Lipinski definition) is 0. The van der Waals surface area contributed by atoms with Gasteiger partial charge in [-0.05, 0) is 120 Å². The number of hydrogen-bond acceptors (Lipinski definition) is 3. The van der Waals surface area contributed by atoms with E-state index in [-0.39, 0.29) is 0 Å². The van der Waals surface area contributed by atoms with Crippen molar-refractivity contribution in [1.82, 2.24) is 24.1 Å². The van der Waals surface area contributed by atoms with E-state index in [0.29, 0.717) is 17.5 Å². The molecular weight excluding hydrogens is 971 g/mol. The fraction of sp³-hybridized carbons (Fsp3) is 0. The molecule has 0 unspecified atom stereocenters. The molecule has 0 atom stereocenters. The molecule has 0 aliphatic rings. The highest BCUT2D eigenvalue weighted by Crippen LogP contribution is 2.46. The molecule has 372 valence electrons. The summed E-state index contributed by atoms with van der Waals surface area (Å²) in [6, 6.07) is 102. The summed E-state index contributed by atoms with van der Waals surface area (Å²) in [5, 5.41) is 12.0. The number of nitrogens with zero attached hydrogens (tertiary/aromatic N) is 5. The predicted molar refractivity (Wildman–Crippen MR) is 334 cm³/mol. The minimum Gasteiger partial charge on any atom is -0.309 e. The zero-order chi connectivity index (χ0) is 52.7. The number of fused-ring (bicyclic) bond motifs is 12. The summed E-state index contributed by atoms with van der Waals surface area (Å²) in [7, 11) is 0. The maximum absolute atomic E-state index is 5.56. The van der Waals surface area contributed by atoms with Crippen LogP contribution in [0.2, 0.25) is 0 Å². The fourth-order valence-corrected chi connectivity index (χ4v) is 12.6. The molecule has 3 heterocycles. The highest BCUT2D eigenvalue weighted by molar-refractivity contribution is 6.26. The van der Waals surface area contributed by atoms with Gasteiger partial charge in [-0.2, -0.15) is 0 Å². The summed E-state index contributed by atoms with van der Waals surface area (Å²) in [4.78, 5) is 16.5. The van der Waals surface area contributed by atoms with Crippen LogP contribution in [0.1, 0.15) is 0 Å². The third-order valence-corrected chi connectivity index (χ3v) is 16.2. The fourth-order valence-electron chi connectivity index (χ4n) is 12.6. The highest BCUT2D eigenvalue weighted by atomic mass is 15.1. The second-order valence-electron chi connectivity index (χ2n) is 20.6. The van der Waals surface area contributed by atoms with Crippen LogP contribution in [-0.2, 0) is 0 Å². The second kappa shape index (κ2) is 18.5. The average molecular weight is 1020 g/mol. The Morgan fingerprint density at radius 2 is 0.613 bits per heavy atom.